The molecule has 0 spiro atoms. The molecule has 0 saturated heterocycles. The Morgan fingerprint density at radius 2 is 1.93 bits per heavy atom. The van der Waals surface area contributed by atoms with Gasteiger partial charge < -0.3 is 15.4 Å². The van der Waals surface area contributed by atoms with Crippen LogP contribution in [0.3, 0.4) is 0 Å². The Morgan fingerprint density at radius 1 is 1.21 bits per heavy atom. The first-order valence-corrected chi connectivity index (χ1v) is 9.82. The van der Waals surface area contributed by atoms with Gasteiger partial charge in [0.2, 0.25) is 5.91 Å². The van der Waals surface area contributed by atoms with E-state index in [1.165, 1.54) is 18.4 Å². The summed E-state index contributed by atoms with van der Waals surface area (Å²) in [5.74, 6) is -3.15. The molecular formula is C20H22F2N2O4S. The Bertz CT molecular complexity index is 912. The van der Waals surface area contributed by atoms with Crippen molar-refractivity contribution >= 4 is 34.1 Å². The number of esters is 1. The lowest BCUT2D eigenvalue weighted by Crippen LogP contribution is -2.28. The first-order chi connectivity index (χ1) is 13.7. The van der Waals surface area contributed by atoms with E-state index in [1.807, 2.05) is 13.8 Å². The summed E-state index contributed by atoms with van der Waals surface area (Å²) in [7, 11) is 1.27. The van der Waals surface area contributed by atoms with Gasteiger partial charge in [0.25, 0.3) is 5.91 Å². The van der Waals surface area contributed by atoms with Gasteiger partial charge in [-0.2, -0.15) is 0 Å². The topological polar surface area (TPSA) is 84.5 Å². The van der Waals surface area contributed by atoms with Crippen LogP contribution in [0.4, 0.5) is 13.8 Å². The number of carbonyl (C=O) groups is 3. The smallest absolute Gasteiger partial charge is 0.341 e. The van der Waals surface area contributed by atoms with Crippen molar-refractivity contribution in [2.24, 2.45) is 5.92 Å². The van der Waals surface area contributed by atoms with Crippen molar-refractivity contribution in [1.82, 2.24) is 5.32 Å². The van der Waals surface area contributed by atoms with Crippen LogP contribution < -0.4 is 10.6 Å². The molecule has 6 nitrogen and oxygen atoms in total. The van der Waals surface area contributed by atoms with Gasteiger partial charge in [0.05, 0.1) is 18.2 Å². The van der Waals surface area contributed by atoms with E-state index in [-0.39, 0.29) is 18.5 Å². The fraction of sp³-hybridized carbons (Fsp3) is 0.350. The molecule has 9 heteroatoms. The molecule has 2 rings (SSSR count). The maximum absolute atomic E-state index is 13.6. The third-order valence-corrected chi connectivity index (χ3v) is 4.90. The molecule has 0 radical (unpaired) electrons. The number of benzene rings is 1. The zero-order valence-electron chi connectivity index (χ0n) is 16.3. The number of hydrogen-bond acceptors (Lipinski definition) is 5. The first kappa shape index (κ1) is 22.5. The number of methoxy groups -OCH3 is 1. The van der Waals surface area contributed by atoms with E-state index in [2.05, 4.69) is 10.6 Å². The number of rotatable bonds is 8. The summed E-state index contributed by atoms with van der Waals surface area (Å²) in [4.78, 5) is 36.3. The molecule has 0 saturated carbocycles. The lowest BCUT2D eigenvalue weighted by Gasteiger charge is -2.09. The number of anilines is 1. The summed E-state index contributed by atoms with van der Waals surface area (Å²) in [6.07, 6.45) is 0.572. The van der Waals surface area contributed by atoms with E-state index in [1.54, 1.807) is 5.38 Å². The Morgan fingerprint density at radius 3 is 2.55 bits per heavy atom. The van der Waals surface area contributed by atoms with Gasteiger partial charge in [-0.15, -0.1) is 11.3 Å². The van der Waals surface area contributed by atoms with Gasteiger partial charge in [0.15, 0.2) is 0 Å². The van der Waals surface area contributed by atoms with Crippen molar-refractivity contribution in [3.8, 4) is 0 Å². The molecule has 1 aromatic heterocycles. The van der Waals surface area contributed by atoms with E-state index in [4.69, 9.17) is 4.74 Å². The lowest BCUT2D eigenvalue weighted by atomic mass is 10.0. The third kappa shape index (κ3) is 6.08. The molecular weight excluding hydrogens is 402 g/mol. The van der Waals surface area contributed by atoms with E-state index in [0.29, 0.717) is 29.0 Å². The van der Waals surface area contributed by atoms with Gasteiger partial charge in [0.1, 0.15) is 16.6 Å². The van der Waals surface area contributed by atoms with Gasteiger partial charge in [-0.3, -0.25) is 9.59 Å². The molecule has 0 bridgehead atoms. The van der Waals surface area contributed by atoms with E-state index >= 15 is 0 Å². The largest absolute Gasteiger partial charge is 0.465 e. The van der Waals surface area contributed by atoms with Gasteiger partial charge in [-0.1, -0.05) is 13.8 Å². The molecule has 2 aromatic rings. The minimum Gasteiger partial charge on any atom is -0.465 e. The van der Waals surface area contributed by atoms with Crippen molar-refractivity contribution in [1.29, 1.82) is 0 Å². The average Bonchev–Trinajstić information content (AvgIpc) is 3.02. The van der Waals surface area contributed by atoms with Crippen LogP contribution in [-0.2, 0) is 16.0 Å². The molecule has 0 aliphatic carbocycles. The third-order valence-electron chi connectivity index (χ3n) is 3.95. The number of ether oxygens (including phenoxy) is 1. The average molecular weight is 424 g/mol. The Labute approximate surface area is 171 Å². The summed E-state index contributed by atoms with van der Waals surface area (Å²) in [5.41, 5.74) is 0.820. The Balaban J connectivity index is 1.96. The van der Waals surface area contributed by atoms with Gasteiger partial charge in [-0.25, -0.2) is 13.6 Å². The zero-order valence-corrected chi connectivity index (χ0v) is 17.1. The number of carbonyl (C=O) groups excluding carboxylic acids is 3. The highest BCUT2D eigenvalue weighted by Crippen LogP contribution is 2.30. The monoisotopic (exact) mass is 424 g/mol. The molecule has 0 atom stereocenters. The molecule has 156 valence electrons. The maximum Gasteiger partial charge on any atom is 0.341 e. The molecule has 0 fully saturated rings. The molecule has 2 amide bonds. The second-order valence-electron chi connectivity index (χ2n) is 6.73. The Hall–Kier alpha value is -2.81. The number of amides is 2. The molecule has 1 aromatic carbocycles. The highest BCUT2D eigenvalue weighted by atomic mass is 32.1. The van der Waals surface area contributed by atoms with Crippen molar-refractivity contribution in [3.63, 3.8) is 0 Å². The van der Waals surface area contributed by atoms with E-state index in [9.17, 15) is 23.2 Å². The van der Waals surface area contributed by atoms with Crippen LogP contribution in [0.2, 0.25) is 0 Å². The Kier molecular flexibility index (Phi) is 7.83. The fourth-order valence-corrected chi connectivity index (χ4v) is 3.63. The van der Waals surface area contributed by atoms with E-state index < -0.39 is 29.4 Å². The molecule has 1 heterocycles. The van der Waals surface area contributed by atoms with Crippen molar-refractivity contribution in [2.75, 3.05) is 19.0 Å². The predicted molar refractivity (Wildman–Crippen MR) is 106 cm³/mol. The number of thiophene rings is 1. The highest BCUT2D eigenvalue weighted by Gasteiger charge is 2.22. The maximum atomic E-state index is 13.6. The van der Waals surface area contributed by atoms with Gasteiger partial charge in [-0.05, 0) is 35.4 Å². The summed E-state index contributed by atoms with van der Waals surface area (Å²) in [5, 5.41) is 7.25. The standard InChI is InChI=1S/C20H22F2N2O4S/c1-11(2)8-12-10-29-19(17(12)20(27)28-3)24-16(25)6-7-23-18(26)14-5-4-13(21)9-15(14)22/h4-5,9-11H,6-8H2,1-3H3,(H,23,26)(H,24,25). The highest BCUT2D eigenvalue weighted by molar-refractivity contribution is 7.15. The summed E-state index contributed by atoms with van der Waals surface area (Å²) in [6, 6.07) is 2.62. The second kappa shape index (κ2) is 10.1. The molecule has 0 aliphatic rings. The second-order valence-corrected chi connectivity index (χ2v) is 7.61. The molecule has 0 unspecified atom stereocenters. The lowest BCUT2D eigenvalue weighted by molar-refractivity contribution is -0.116. The van der Waals surface area contributed by atoms with Crippen molar-refractivity contribution in [2.45, 2.75) is 26.7 Å². The summed E-state index contributed by atoms with van der Waals surface area (Å²) in [6.45, 7) is 3.98. The van der Waals surface area contributed by atoms with Gasteiger partial charge >= 0.3 is 5.97 Å². The van der Waals surface area contributed by atoms with Crippen LogP contribution in [0, 0.1) is 17.6 Å². The van der Waals surface area contributed by atoms with Crippen molar-refractivity contribution < 1.29 is 27.9 Å². The van der Waals surface area contributed by atoms with E-state index in [0.717, 1.165) is 17.7 Å². The minimum absolute atomic E-state index is 0.0563. The van der Waals surface area contributed by atoms with Crippen LogP contribution in [0.15, 0.2) is 23.6 Å². The normalized spacial score (nSPS) is 10.7. The fourth-order valence-electron chi connectivity index (χ4n) is 2.65. The zero-order chi connectivity index (χ0) is 21.6. The quantitative estimate of drug-likeness (QED) is 0.632. The van der Waals surface area contributed by atoms with Crippen molar-refractivity contribution in [3.05, 3.63) is 51.9 Å². The number of hydrogen-bond donors (Lipinski definition) is 2. The van der Waals surface area contributed by atoms with Crippen LogP contribution in [-0.4, -0.2) is 31.4 Å². The number of nitrogens with one attached hydrogen (secondary N) is 2. The number of halogens is 2. The van der Waals surface area contributed by atoms with Crippen LogP contribution in [0.1, 0.15) is 46.5 Å². The molecule has 2 N–H and O–H groups in total. The first-order valence-electron chi connectivity index (χ1n) is 8.94. The molecule has 29 heavy (non-hydrogen) atoms. The summed E-state index contributed by atoms with van der Waals surface area (Å²) >= 11 is 1.22. The van der Waals surface area contributed by atoms with Crippen LogP contribution in [0.25, 0.3) is 0 Å². The SMILES string of the molecule is COC(=O)c1c(CC(C)C)csc1NC(=O)CCNC(=O)c1ccc(F)cc1F. The van der Waals surface area contributed by atoms with Gasteiger partial charge in [0, 0.05) is 19.0 Å². The molecule has 0 aliphatic heterocycles. The van der Waals surface area contributed by atoms with Crippen LogP contribution in [0.5, 0.6) is 0 Å². The summed E-state index contributed by atoms with van der Waals surface area (Å²) < 4.78 is 31.3. The predicted octanol–water partition coefficient (Wildman–Crippen LogP) is 3.77. The van der Waals surface area contributed by atoms with Crippen LogP contribution >= 0.6 is 11.3 Å². The minimum atomic E-state index is -0.981.